The monoisotopic (exact) mass is 413 g/mol. The summed E-state index contributed by atoms with van der Waals surface area (Å²) in [4.78, 5) is 23.2. The van der Waals surface area contributed by atoms with Gasteiger partial charge in [0.15, 0.2) is 0 Å². The molecular weight excluding hydrogens is 393 g/mol. The van der Waals surface area contributed by atoms with E-state index in [-0.39, 0.29) is 6.42 Å². The van der Waals surface area contributed by atoms with Crippen molar-refractivity contribution in [2.45, 2.75) is 33.2 Å². The van der Waals surface area contributed by atoms with Gasteiger partial charge in [-0.2, -0.15) is 5.10 Å². The second-order valence-corrected chi connectivity index (χ2v) is 6.41. The number of amides is 3. The van der Waals surface area contributed by atoms with Crippen LogP contribution in [0.3, 0.4) is 0 Å². The summed E-state index contributed by atoms with van der Waals surface area (Å²) in [5.41, 5.74) is 5.91. The molecule has 2 rings (SSSR count). The lowest BCUT2D eigenvalue weighted by atomic mass is 10.1. The summed E-state index contributed by atoms with van der Waals surface area (Å²) in [6, 6.07) is 4.40. The van der Waals surface area contributed by atoms with E-state index in [1.807, 2.05) is 13.8 Å². The van der Waals surface area contributed by atoms with Crippen molar-refractivity contribution in [3.05, 3.63) is 39.5 Å². The number of hydrogen-bond acceptors (Lipinski definition) is 4. The molecule has 0 saturated carbocycles. The summed E-state index contributed by atoms with van der Waals surface area (Å²) < 4.78 is 7.65. The summed E-state index contributed by atoms with van der Waals surface area (Å²) in [7, 11) is 1.45. The molecule has 8 nitrogen and oxygen atoms in total. The molecule has 27 heavy (non-hydrogen) atoms. The number of aryl methyl sites for hydroxylation is 1. The van der Waals surface area contributed by atoms with Crippen LogP contribution >= 0.6 is 23.2 Å². The third-order valence-electron chi connectivity index (χ3n) is 3.66. The Hall–Kier alpha value is -2.45. The second-order valence-electron chi connectivity index (χ2n) is 5.54. The molecule has 3 N–H and O–H groups in total. The summed E-state index contributed by atoms with van der Waals surface area (Å²) in [6.45, 7) is 4.41. The van der Waals surface area contributed by atoms with Crippen LogP contribution in [0.2, 0.25) is 10.0 Å². The van der Waals surface area contributed by atoms with Crippen LogP contribution in [-0.2, 0) is 24.2 Å². The highest BCUT2D eigenvalue weighted by molar-refractivity contribution is 6.34. The van der Waals surface area contributed by atoms with Crippen molar-refractivity contribution >= 4 is 35.1 Å². The molecule has 1 aromatic carbocycles. The van der Waals surface area contributed by atoms with E-state index in [0.29, 0.717) is 40.3 Å². The lowest BCUT2D eigenvalue weighted by Crippen LogP contribution is -2.46. The molecule has 146 valence electrons. The van der Waals surface area contributed by atoms with E-state index in [1.54, 1.807) is 22.9 Å². The number of urea groups is 1. The van der Waals surface area contributed by atoms with Crippen LogP contribution in [0.1, 0.15) is 25.1 Å². The van der Waals surface area contributed by atoms with Gasteiger partial charge >= 0.3 is 6.03 Å². The van der Waals surface area contributed by atoms with Gasteiger partial charge < -0.3 is 10.1 Å². The third-order valence-corrected chi connectivity index (χ3v) is 4.09. The highest BCUT2D eigenvalue weighted by Gasteiger charge is 2.20. The molecule has 0 unspecified atom stereocenters. The van der Waals surface area contributed by atoms with Gasteiger partial charge in [0.05, 0.1) is 12.1 Å². The number of ether oxygens (including phenoxy) is 1. The van der Waals surface area contributed by atoms with Gasteiger partial charge in [0, 0.05) is 29.2 Å². The predicted molar refractivity (Wildman–Crippen MR) is 103 cm³/mol. The first-order chi connectivity index (χ1) is 12.9. The molecule has 0 atom stereocenters. The van der Waals surface area contributed by atoms with Gasteiger partial charge in [0.25, 0.3) is 0 Å². The van der Waals surface area contributed by atoms with Crippen molar-refractivity contribution in [2.24, 2.45) is 0 Å². The zero-order valence-electron chi connectivity index (χ0n) is 15.2. The first-order valence-corrected chi connectivity index (χ1v) is 9.12. The Kier molecular flexibility index (Phi) is 7.32. The molecule has 0 aliphatic carbocycles. The maximum absolute atomic E-state index is 12.1. The van der Waals surface area contributed by atoms with E-state index >= 15 is 0 Å². The molecule has 0 radical (unpaired) electrons. The highest BCUT2D eigenvalue weighted by atomic mass is 35.5. The average molecular weight is 414 g/mol. The molecule has 3 amide bonds. The van der Waals surface area contributed by atoms with E-state index in [0.717, 1.165) is 5.56 Å². The fourth-order valence-electron chi connectivity index (χ4n) is 2.44. The number of rotatable bonds is 6. The van der Waals surface area contributed by atoms with E-state index in [1.165, 1.54) is 7.05 Å². The standard InChI is InChI=1S/C17H21Cl2N5O3/c1-4-13-14(9-15(25)21-22-17(26)20-3)23-24(5-2)16(13)27-12-7-10(18)6-11(19)8-12/h6-8H,4-5,9H2,1-3H3,(H,21,25)(H2,20,22,26). The number of carbonyl (C=O) groups excluding carboxylic acids is 2. The SMILES string of the molecule is CCc1c(CC(=O)NNC(=O)NC)nn(CC)c1Oc1cc(Cl)cc(Cl)c1. The quantitative estimate of drug-likeness (QED) is 0.633. The summed E-state index contributed by atoms with van der Waals surface area (Å²) in [5, 5.41) is 7.72. The lowest BCUT2D eigenvalue weighted by molar-refractivity contribution is -0.121. The van der Waals surface area contributed by atoms with E-state index in [4.69, 9.17) is 27.9 Å². The molecule has 2 aromatic rings. The maximum atomic E-state index is 12.1. The Morgan fingerprint density at radius 2 is 1.81 bits per heavy atom. The Bertz CT molecular complexity index is 818. The summed E-state index contributed by atoms with van der Waals surface area (Å²) in [5.74, 6) is 0.612. The van der Waals surface area contributed by atoms with Gasteiger partial charge in [-0.3, -0.25) is 10.2 Å². The van der Waals surface area contributed by atoms with Crippen LogP contribution < -0.4 is 20.9 Å². The van der Waals surface area contributed by atoms with Crippen molar-refractivity contribution in [2.75, 3.05) is 7.05 Å². The molecule has 1 heterocycles. The van der Waals surface area contributed by atoms with Crippen LogP contribution in [0, 0.1) is 0 Å². The number of nitrogens with zero attached hydrogens (tertiary/aromatic N) is 2. The van der Waals surface area contributed by atoms with Crippen molar-refractivity contribution in [1.82, 2.24) is 25.9 Å². The van der Waals surface area contributed by atoms with Gasteiger partial charge in [0.2, 0.25) is 11.8 Å². The Morgan fingerprint density at radius 3 is 2.37 bits per heavy atom. The highest BCUT2D eigenvalue weighted by Crippen LogP contribution is 2.32. The number of hydrogen-bond donors (Lipinski definition) is 3. The van der Waals surface area contributed by atoms with E-state index in [2.05, 4.69) is 21.3 Å². The Labute approximate surface area is 167 Å². The van der Waals surface area contributed by atoms with Crippen LogP contribution in [0.5, 0.6) is 11.6 Å². The minimum Gasteiger partial charge on any atom is -0.439 e. The summed E-state index contributed by atoms with van der Waals surface area (Å²) in [6.07, 6.45) is 0.599. The first-order valence-electron chi connectivity index (χ1n) is 8.36. The van der Waals surface area contributed by atoms with Gasteiger partial charge in [-0.15, -0.1) is 0 Å². The fourth-order valence-corrected chi connectivity index (χ4v) is 2.95. The predicted octanol–water partition coefficient (Wildman–Crippen LogP) is 3.07. The third kappa shape index (κ3) is 5.51. The van der Waals surface area contributed by atoms with Crippen molar-refractivity contribution in [3.63, 3.8) is 0 Å². The molecule has 0 aliphatic rings. The molecule has 0 spiro atoms. The molecular formula is C17H21Cl2N5O3. The smallest absolute Gasteiger partial charge is 0.333 e. The van der Waals surface area contributed by atoms with E-state index < -0.39 is 11.9 Å². The topological polar surface area (TPSA) is 97.3 Å². The average Bonchev–Trinajstić information content (AvgIpc) is 2.94. The molecule has 10 heteroatoms. The van der Waals surface area contributed by atoms with Crippen molar-refractivity contribution in [1.29, 1.82) is 0 Å². The van der Waals surface area contributed by atoms with Crippen molar-refractivity contribution in [3.8, 4) is 11.6 Å². The largest absolute Gasteiger partial charge is 0.439 e. The second kappa shape index (κ2) is 9.48. The fraction of sp³-hybridized carbons (Fsp3) is 0.353. The number of benzene rings is 1. The van der Waals surface area contributed by atoms with Gasteiger partial charge in [-0.1, -0.05) is 30.1 Å². The number of aromatic nitrogens is 2. The van der Waals surface area contributed by atoms with Crippen molar-refractivity contribution < 1.29 is 14.3 Å². The van der Waals surface area contributed by atoms with Gasteiger partial charge in [-0.25, -0.2) is 14.9 Å². The minimum atomic E-state index is -0.514. The molecule has 0 bridgehead atoms. The first kappa shape index (κ1) is 20.9. The molecule has 1 aromatic heterocycles. The van der Waals surface area contributed by atoms with Crippen LogP contribution in [0.15, 0.2) is 18.2 Å². The molecule has 0 saturated heterocycles. The van der Waals surface area contributed by atoms with Crippen LogP contribution in [0.4, 0.5) is 4.79 Å². The number of nitrogens with one attached hydrogen (secondary N) is 3. The zero-order chi connectivity index (χ0) is 20.0. The number of carbonyl (C=O) groups is 2. The Balaban J connectivity index is 2.25. The van der Waals surface area contributed by atoms with E-state index in [9.17, 15) is 9.59 Å². The van der Waals surface area contributed by atoms with Gasteiger partial charge in [-0.05, 0) is 31.5 Å². The lowest BCUT2D eigenvalue weighted by Gasteiger charge is -2.10. The zero-order valence-corrected chi connectivity index (χ0v) is 16.7. The number of hydrazine groups is 1. The van der Waals surface area contributed by atoms with Crippen LogP contribution in [-0.4, -0.2) is 28.8 Å². The normalized spacial score (nSPS) is 10.4. The minimum absolute atomic E-state index is 0.00711. The van der Waals surface area contributed by atoms with Gasteiger partial charge in [0.1, 0.15) is 5.75 Å². The Morgan fingerprint density at radius 1 is 1.15 bits per heavy atom. The van der Waals surface area contributed by atoms with Crippen LogP contribution in [0.25, 0.3) is 0 Å². The maximum Gasteiger partial charge on any atom is 0.333 e. The number of halogens is 2. The molecule has 0 aliphatic heterocycles. The molecule has 0 fully saturated rings. The summed E-state index contributed by atoms with van der Waals surface area (Å²) >= 11 is 12.1.